The Kier molecular flexibility index (Phi) is 12.8. The van der Waals surface area contributed by atoms with Crippen molar-refractivity contribution in [2.75, 3.05) is 39.1 Å². The van der Waals surface area contributed by atoms with E-state index >= 15 is 0 Å². The number of carbonyl (C=O) groups is 2. The summed E-state index contributed by atoms with van der Waals surface area (Å²) in [6.07, 6.45) is 3.75. The minimum atomic E-state index is -3.67. The number of piperidine rings is 1. The van der Waals surface area contributed by atoms with Gasteiger partial charge in [0.2, 0.25) is 0 Å². The molecule has 2 aromatic rings. The monoisotopic (exact) mass is 541 g/mol. The maximum atomic E-state index is 14.0. The Balaban J connectivity index is 0.00000118. The summed E-state index contributed by atoms with van der Waals surface area (Å²) in [5.41, 5.74) is 1.24. The van der Waals surface area contributed by atoms with Gasteiger partial charge in [0, 0.05) is 32.4 Å². The number of likely N-dealkylation sites (tertiary alicyclic amines) is 1. The van der Waals surface area contributed by atoms with Gasteiger partial charge in [-0.05, 0) is 61.1 Å². The zero-order chi connectivity index (χ0) is 28.1. The van der Waals surface area contributed by atoms with E-state index in [1.54, 1.807) is 42.3 Å². The number of aliphatic hydroxyl groups is 1. The maximum Gasteiger partial charge on any atom is 0.379 e. The van der Waals surface area contributed by atoms with E-state index in [0.29, 0.717) is 36.0 Å². The first-order valence-corrected chi connectivity index (χ1v) is 12.4. The maximum absolute atomic E-state index is 14.0. The molecule has 1 aliphatic rings. The third-order valence-corrected chi connectivity index (χ3v) is 6.38. The number of rotatable bonds is 10. The standard InChI is InChI=1S/C26H34FN3O4.CHF3/c1-28-25(32)22-10-9-20(17-23(22)27)29-13-4-3-6-18-11-14-30(15-12-18)26(33)24(31)19-7-5-8-21(16-19)34-2;2-1(3)4/h5,7-10,16-18,24,29,31H,3-4,6,11-15H2,1-2H3,(H,28,32);1H. The molecule has 0 aromatic heterocycles. The van der Waals surface area contributed by atoms with E-state index in [0.717, 1.165) is 38.6 Å². The van der Waals surface area contributed by atoms with Crippen LogP contribution < -0.4 is 15.4 Å². The molecule has 2 aromatic carbocycles. The highest BCUT2D eigenvalue weighted by atomic mass is 19.4. The summed E-state index contributed by atoms with van der Waals surface area (Å²) in [5, 5.41) is 16.1. The third kappa shape index (κ3) is 9.85. The predicted molar refractivity (Wildman–Crippen MR) is 137 cm³/mol. The van der Waals surface area contributed by atoms with Crippen LogP contribution in [0.4, 0.5) is 23.2 Å². The number of nitrogens with zero attached hydrogens (tertiary/aromatic N) is 1. The Morgan fingerprint density at radius 1 is 1.11 bits per heavy atom. The van der Waals surface area contributed by atoms with Crippen molar-refractivity contribution in [3.8, 4) is 5.75 Å². The van der Waals surface area contributed by atoms with E-state index < -0.39 is 24.5 Å². The Labute approximate surface area is 220 Å². The molecule has 1 aliphatic heterocycles. The van der Waals surface area contributed by atoms with Crippen molar-refractivity contribution >= 4 is 17.5 Å². The largest absolute Gasteiger partial charge is 0.497 e. The number of amides is 2. The number of alkyl halides is 3. The summed E-state index contributed by atoms with van der Waals surface area (Å²) in [6.45, 7) is -1.64. The zero-order valence-electron chi connectivity index (χ0n) is 21.6. The molecule has 38 heavy (non-hydrogen) atoms. The van der Waals surface area contributed by atoms with Crippen LogP contribution in [0.1, 0.15) is 54.1 Å². The summed E-state index contributed by atoms with van der Waals surface area (Å²) in [4.78, 5) is 26.0. The number of anilines is 1. The molecular formula is C27H35F4N3O4. The molecule has 1 atom stereocenters. The van der Waals surface area contributed by atoms with Crippen LogP contribution in [0.5, 0.6) is 5.75 Å². The van der Waals surface area contributed by atoms with Crippen molar-refractivity contribution < 1.29 is 37.0 Å². The fourth-order valence-corrected chi connectivity index (χ4v) is 4.30. The summed E-state index contributed by atoms with van der Waals surface area (Å²) in [5.74, 6) is -0.0646. The Morgan fingerprint density at radius 3 is 2.39 bits per heavy atom. The van der Waals surface area contributed by atoms with Crippen LogP contribution in [0.25, 0.3) is 0 Å². The van der Waals surface area contributed by atoms with Crippen LogP contribution in [-0.2, 0) is 4.79 Å². The molecule has 7 nitrogen and oxygen atoms in total. The Bertz CT molecular complexity index is 1030. The quantitative estimate of drug-likeness (QED) is 0.293. The van der Waals surface area contributed by atoms with Gasteiger partial charge in [-0.1, -0.05) is 25.0 Å². The number of benzene rings is 2. The molecule has 1 saturated heterocycles. The molecule has 1 unspecified atom stereocenters. The van der Waals surface area contributed by atoms with Crippen molar-refractivity contribution in [3.05, 3.63) is 59.4 Å². The SMILES string of the molecule is CNC(=O)c1ccc(NCCCCC2CCN(C(=O)C(O)c3cccc(OC)c3)CC2)cc1F.FC(F)F. The zero-order valence-corrected chi connectivity index (χ0v) is 21.6. The van der Waals surface area contributed by atoms with Crippen molar-refractivity contribution in [2.24, 2.45) is 5.92 Å². The topological polar surface area (TPSA) is 90.9 Å². The number of unbranched alkanes of at least 4 members (excludes halogenated alkanes) is 1. The molecule has 1 fully saturated rings. The number of hydrogen-bond donors (Lipinski definition) is 3. The molecule has 3 rings (SSSR count). The van der Waals surface area contributed by atoms with Crippen molar-refractivity contribution in [3.63, 3.8) is 0 Å². The molecule has 0 aliphatic carbocycles. The van der Waals surface area contributed by atoms with Gasteiger partial charge < -0.3 is 25.4 Å². The second-order valence-corrected chi connectivity index (χ2v) is 8.89. The van der Waals surface area contributed by atoms with Crippen molar-refractivity contribution in [1.82, 2.24) is 10.2 Å². The molecule has 0 bridgehead atoms. The molecular weight excluding hydrogens is 506 g/mol. The molecule has 0 radical (unpaired) electrons. The number of aliphatic hydroxyl groups excluding tert-OH is 1. The van der Waals surface area contributed by atoms with Gasteiger partial charge in [-0.25, -0.2) is 4.39 Å². The van der Waals surface area contributed by atoms with E-state index in [9.17, 15) is 32.3 Å². The summed E-state index contributed by atoms with van der Waals surface area (Å²) < 4.78 is 48.2. The normalized spacial score (nSPS) is 14.4. The second-order valence-electron chi connectivity index (χ2n) is 8.89. The van der Waals surface area contributed by atoms with Gasteiger partial charge in [-0.15, -0.1) is 0 Å². The molecule has 2 amide bonds. The first kappa shape index (κ1) is 30.9. The van der Waals surface area contributed by atoms with Gasteiger partial charge in [0.05, 0.1) is 12.7 Å². The minimum Gasteiger partial charge on any atom is -0.497 e. The lowest BCUT2D eigenvalue weighted by Gasteiger charge is -2.33. The number of methoxy groups -OCH3 is 1. The summed E-state index contributed by atoms with van der Waals surface area (Å²) in [6, 6.07) is 11.5. The lowest BCUT2D eigenvalue weighted by molar-refractivity contribution is -0.142. The Morgan fingerprint density at radius 2 is 1.79 bits per heavy atom. The Hall–Kier alpha value is -3.34. The van der Waals surface area contributed by atoms with Crippen LogP contribution >= 0.6 is 0 Å². The summed E-state index contributed by atoms with van der Waals surface area (Å²) in [7, 11) is 3.03. The average Bonchev–Trinajstić information content (AvgIpc) is 2.91. The number of halogens is 4. The molecule has 0 spiro atoms. The van der Waals surface area contributed by atoms with Crippen LogP contribution in [-0.4, -0.2) is 62.3 Å². The third-order valence-electron chi connectivity index (χ3n) is 6.38. The van der Waals surface area contributed by atoms with Crippen LogP contribution in [0.15, 0.2) is 42.5 Å². The highest BCUT2D eigenvalue weighted by Gasteiger charge is 2.28. The van der Waals surface area contributed by atoms with E-state index in [1.807, 2.05) is 0 Å². The highest BCUT2D eigenvalue weighted by Crippen LogP contribution is 2.26. The second kappa shape index (κ2) is 15.8. The first-order valence-electron chi connectivity index (χ1n) is 12.4. The highest BCUT2D eigenvalue weighted by molar-refractivity contribution is 5.94. The predicted octanol–water partition coefficient (Wildman–Crippen LogP) is 4.93. The van der Waals surface area contributed by atoms with E-state index in [-0.39, 0.29) is 11.5 Å². The molecule has 1 heterocycles. The van der Waals surface area contributed by atoms with Gasteiger partial charge in [0.25, 0.3) is 11.8 Å². The average molecular weight is 542 g/mol. The fourth-order valence-electron chi connectivity index (χ4n) is 4.30. The van der Waals surface area contributed by atoms with E-state index in [1.165, 1.54) is 19.2 Å². The minimum absolute atomic E-state index is 0.0360. The number of hydrogen-bond acceptors (Lipinski definition) is 5. The summed E-state index contributed by atoms with van der Waals surface area (Å²) >= 11 is 0. The van der Waals surface area contributed by atoms with Gasteiger partial charge in [0.15, 0.2) is 6.10 Å². The van der Waals surface area contributed by atoms with Crippen molar-refractivity contribution in [1.29, 1.82) is 0 Å². The van der Waals surface area contributed by atoms with Gasteiger partial charge in [0.1, 0.15) is 11.6 Å². The molecule has 210 valence electrons. The smallest absolute Gasteiger partial charge is 0.379 e. The van der Waals surface area contributed by atoms with Crippen LogP contribution in [0, 0.1) is 11.7 Å². The number of nitrogens with one attached hydrogen (secondary N) is 2. The van der Waals surface area contributed by atoms with Gasteiger partial charge in [-0.2, -0.15) is 13.2 Å². The lowest BCUT2D eigenvalue weighted by Crippen LogP contribution is -2.41. The molecule has 0 saturated carbocycles. The van der Waals surface area contributed by atoms with Crippen LogP contribution in [0.2, 0.25) is 0 Å². The van der Waals surface area contributed by atoms with Crippen molar-refractivity contribution in [2.45, 2.75) is 44.9 Å². The van der Waals surface area contributed by atoms with Crippen LogP contribution in [0.3, 0.4) is 0 Å². The first-order chi connectivity index (χ1) is 18.2. The van der Waals surface area contributed by atoms with E-state index in [4.69, 9.17) is 4.74 Å². The number of ether oxygens (including phenoxy) is 1. The van der Waals surface area contributed by atoms with Gasteiger partial charge in [-0.3, -0.25) is 9.59 Å². The van der Waals surface area contributed by atoms with Gasteiger partial charge >= 0.3 is 6.68 Å². The number of carbonyl (C=O) groups excluding carboxylic acids is 2. The fraction of sp³-hybridized carbons (Fsp3) is 0.481. The van der Waals surface area contributed by atoms with E-state index in [2.05, 4.69) is 10.6 Å². The molecule has 11 heteroatoms. The lowest BCUT2D eigenvalue weighted by atomic mass is 9.91. The molecule has 3 N–H and O–H groups in total.